The number of nitrogens with zero attached hydrogens (tertiary/aromatic N) is 5. The molecule has 6 aromatic carbocycles. The van der Waals surface area contributed by atoms with Crippen molar-refractivity contribution in [3.63, 3.8) is 0 Å². The Balaban J connectivity index is 1.22. The highest BCUT2D eigenvalue weighted by Crippen LogP contribution is 2.27. The van der Waals surface area contributed by atoms with Crippen LogP contribution < -0.4 is 43.0 Å². The SMILES string of the molecule is CCCC[C@H]1C(=O)N(C)CC(=O)C[C@@H](CC(=O)O)C(=O)N[C@@H](C(C)C)C(=O)N(C)[C@@H](Cc2ccccc2)C(=O)N[C@@H](Cc2ccc(O)cc2)C(=O)N(C)[C@@H](C)C(=O)N[C@@H](Cc2c[nH]c3ccccc23)C(=O)C[C@@H](Cc2ccc(O)cc2)C(=O)N[C@@H](CC(C)C)C(=O)N[C@H](C(=O)NCC(N)=O)CSCC(=O)N[C@@H](Cc2ccccc2)C(=O)N(C)[C@@H](Cc2ccccc2)C(=O)N1C. The molecule has 1 saturated heterocycles. The van der Waals surface area contributed by atoms with E-state index in [4.69, 9.17) is 5.73 Å². The first kappa shape index (κ1) is 102. The number of phenolic OH excluding ortho intramolecular Hbond substituents is 2. The summed E-state index contributed by atoms with van der Waals surface area (Å²) in [4.78, 5) is 245. The molecule has 13 N–H and O–H groups in total. The Morgan fingerprint density at radius 3 is 1.56 bits per heavy atom. The number of nitrogens with two attached hydrogens (primary N) is 1. The van der Waals surface area contributed by atoms with Gasteiger partial charge in [0.25, 0.3) is 0 Å². The van der Waals surface area contributed by atoms with Crippen LogP contribution in [0.15, 0.2) is 170 Å². The van der Waals surface area contributed by atoms with Crippen LogP contribution in [-0.2, 0) is 115 Å². The van der Waals surface area contributed by atoms with Gasteiger partial charge >= 0.3 is 5.97 Å². The van der Waals surface area contributed by atoms with Crippen molar-refractivity contribution in [1.82, 2.24) is 66.7 Å². The highest BCUT2D eigenvalue weighted by molar-refractivity contribution is 8.00. The molecule has 696 valence electrons. The van der Waals surface area contributed by atoms with Gasteiger partial charge in [-0.05, 0) is 102 Å². The number of amides is 13. The Kier molecular flexibility index (Phi) is 38.8. The first-order valence-corrected chi connectivity index (χ1v) is 44.7. The van der Waals surface area contributed by atoms with E-state index in [9.17, 15) is 44.1 Å². The number of hydrogen-bond donors (Lipinski definition) is 12. The van der Waals surface area contributed by atoms with Crippen molar-refractivity contribution < 1.29 is 92.0 Å². The molecule has 0 bridgehead atoms. The lowest BCUT2D eigenvalue weighted by atomic mass is 9.89. The summed E-state index contributed by atoms with van der Waals surface area (Å²) in [6.07, 6.45) is -0.854. The number of carbonyl (C=O) groups is 16. The number of hydrogen-bond acceptors (Lipinski definition) is 19. The second-order valence-corrected chi connectivity index (χ2v) is 35.1. The summed E-state index contributed by atoms with van der Waals surface area (Å²) in [5.74, 6) is -19.3. The Morgan fingerprint density at radius 2 is 1.00 bits per heavy atom. The minimum Gasteiger partial charge on any atom is -0.508 e. The second kappa shape index (κ2) is 49.3. The Bertz CT molecular complexity index is 5100. The predicted octanol–water partition coefficient (Wildman–Crippen LogP) is 4.90. The second-order valence-electron chi connectivity index (χ2n) is 34.1. The van der Waals surface area contributed by atoms with E-state index in [1.807, 2.05) is 6.92 Å². The number of Topliss-reactive ketones (excluding diaryl/α,β-unsaturated/α-hetero) is 2. The molecule has 34 heteroatoms. The molecule has 1 fully saturated rings. The smallest absolute Gasteiger partial charge is 0.304 e. The van der Waals surface area contributed by atoms with E-state index in [1.165, 1.54) is 100 Å². The van der Waals surface area contributed by atoms with E-state index in [0.29, 0.717) is 57.1 Å². The van der Waals surface area contributed by atoms with Crippen LogP contribution in [0.4, 0.5) is 0 Å². The molecule has 13 amide bonds. The van der Waals surface area contributed by atoms with E-state index in [0.717, 1.165) is 26.5 Å². The highest BCUT2D eigenvalue weighted by Gasteiger charge is 2.43. The van der Waals surface area contributed by atoms with Crippen LogP contribution in [0.5, 0.6) is 11.5 Å². The molecule has 2 heterocycles. The zero-order valence-electron chi connectivity index (χ0n) is 75.4. The standard InChI is InChI=1S/C96H122N14O19S/c1-12-13-33-78-94(127)106(7)54-70(113)48-66(51-84(117)118)88(121)105-85(58(4)5)96(129)109(10)79(46-61-27-19-15-20-28-61)91(124)103-76(45-64-36-40-69(112)41-37-64)92(125)107(8)59(6)86(119)101-73(49-67-52-98-72-32-24-23-31-71(67)72)81(114)50-65(43-63-34-38-68(111)39-35-63)87(120)102-74(42-57(2)3)90(123)104-77(89(122)99-53-82(97)115)55-130-56-83(116)100-75(44-60-25-17-14-18-26-60)93(126)110(11)80(95(128)108(78)9)47-62-29-21-16-22-30-62/h14-32,34-41,52,57-59,65-66,73-80,85,98,111-112H,12-13,33,42-51,53-56H2,1-11H3,(H2,97,115)(H,99,122)(H,100,116)(H,101,119)(H,102,120)(H,103,124)(H,104,123)(H,105,121)(H,117,118)/t59-,65+,66-,73-,74-,75-,76-,77-,78-,79-,80-,85-/m0/s1. The van der Waals surface area contributed by atoms with Gasteiger partial charge in [0.2, 0.25) is 76.8 Å². The topological polar surface area (TPSA) is 476 Å². The third kappa shape index (κ3) is 30.2. The summed E-state index contributed by atoms with van der Waals surface area (Å²) < 4.78 is 0. The van der Waals surface area contributed by atoms with Crippen LogP contribution >= 0.6 is 11.8 Å². The minimum absolute atomic E-state index is 0.0519. The van der Waals surface area contributed by atoms with Crippen LogP contribution in [-0.4, -0.2) is 259 Å². The number of primary amides is 1. The number of aromatic hydroxyl groups is 2. The molecule has 1 aromatic heterocycles. The molecule has 130 heavy (non-hydrogen) atoms. The molecule has 8 rings (SSSR count). The van der Waals surface area contributed by atoms with Crippen molar-refractivity contribution in [3.8, 4) is 11.5 Å². The number of fused-ring (bicyclic) bond motifs is 1. The summed E-state index contributed by atoms with van der Waals surface area (Å²) in [5, 5.41) is 50.9. The fourth-order valence-electron chi connectivity index (χ4n) is 15.6. The van der Waals surface area contributed by atoms with Gasteiger partial charge in [0.1, 0.15) is 65.9 Å². The predicted molar refractivity (Wildman–Crippen MR) is 489 cm³/mol. The average Bonchev–Trinajstić information content (AvgIpc) is 1.67. The number of rotatable bonds is 23. The van der Waals surface area contributed by atoms with Gasteiger partial charge in [-0.3, -0.25) is 76.7 Å². The summed E-state index contributed by atoms with van der Waals surface area (Å²) >= 11 is 0.843. The van der Waals surface area contributed by atoms with E-state index in [1.54, 1.807) is 149 Å². The number of aromatic amines is 1. The molecule has 0 aliphatic carbocycles. The lowest BCUT2D eigenvalue weighted by molar-refractivity contribution is -0.151. The van der Waals surface area contributed by atoms with Crippen molar-refractivity contribution in [2.75, 3.05) is 59.8 Å². The van der Waals surface area contributed by atoms with Gasteiger partial charge in [0, 0.05) is 109 Å². The fraction of sp³-hybridized carbons (Fsp3) is 0.438. The number of unbranched alkanes of at least 4 members (excludes halogenated alkanes) is 1. The summed E-state index contributed by atoms with van der Waals surface area (Å²) in [6, 6.07) is 30.0. The van der Waals surface area contributed by atoms with Gasteiger partial charge in [-0.25, -0.2) is 0 Å². The molecule has 12 atom stereocenters. The van der Waals surface area contributed by atoms with Gasteiger partial charge in [-0.1, -0.05) is 181 Å². The molecule has 0 radical (unpaired) electrons. The zero-order chi connectivity index (χ0) is 95.2. The monoisotopic (exact) mass is 1810 g/mol. The number of para-hydroxylation sites is 1. The Morgan fingerprint density at radius 1 is 0.500 bits per heavy atom. The number of ketones is 2. The van der Waals surface area contributed by atoms with Crippen LogP contribution in [0.2, 0.25) is 0 Å². The van der Waals surface area contributed by atoms with Crippen molar-refractivity contribution >= 4 is 117 Å². The first-order chi connectivity index (χ1) is 61.8. The third-order valence-corrected chi connectivity index (χ3v) is 24.2. The van der Waals surface area contributed by atoms with Gasteiger partial charge in [-0.15, -0.1) is 11.8 Å². The maximum absolute atomic E-state index is 15.6. The number of carboxylic acids is 1. The summed E-state index contributed by atoms with van der Waals surface area (Å²) in [7, 11) is 6.67. The maximum Gasteiger partial charge on any atom is 0.304 e. The molecule has 33 nitrogen and oxygen atoms in total. The minimum atomic E-state index is -1.66. The fourth-order valence-corrected chi connectivity index (χ4v) is 16.4. The van der Waals surface area contributed by atoms with Gasteiger partial charge in [0.05, 0.1) is 37.2 Å². The third-order valence-electron chi connectivity index (χ3n) is 23.2. The molecule has 1 aliphatic heterocycles. The van der Waals surface area contributed by atoms with E-state index < -0.39 is 211 Å². The number of aromatic nitrogens is 1. The van der Waals surface area contributed by atoms with E-state index in [2.05, 4.69) is 42.2 Å². The lowest BCUT2D eigenvalue weighted by Gasteiger charge is -2.37. The molecule has 7 aromatic rings. The largest absolute Gasteiger partial charge is 0.508 e. The number of H-pyrrole nitrogens is 1. The molecular formula is C96H122N14O19S. The number of thioether (sulfide) groups is 1. The van der Waals surface area contributed by atoms with Crippen LogP contribution in [0.25, 0.3) is 10.9 Å². The van der Waals surface area contributed by atoms with Crippen LogP contribution in [0.1, 0.15) is 120 Å². The molecule has 1 aliphatic rings. The van der Waals surface area contributed by atoms with Gasteiger partial charge in [-0.2, -0.15) is 0 Å². The van der Waals surface area contributed by atoms with Crippen molar-refractivity contribution in [3.05, 3.63) is 203 Å². The van der Waals surface area contributed by atoms with Crippen molar-refractivity contribution in [1.29, 1.82) is 0 Å². The number of carboxylic acid groups (broad SMARTS) is 1. The zero-order valence-corrected chi connectivity index (χ0v) is 76.2. The van der Waals surface area contributed by atoms with Crippen molar-refractivity contribution in [2.24, 2.45) is 29.4 Å². The highest BCUT2D eigenvalue weighted by atomic mass is 32.2. The number of aliphatic carboxylic acids is 1. The number of phenols is 2. The van der Waals surface area contributed by atoms with Crippen molar-refractivity contribution in [2.45, 2.75) is 185 Å². The molecular weight excluding hydrogens is 1690 g/mol. The van der Waals surface area contributed by atoms with Crippen LogP contribution in [0.3, 0.4) is 0 Å². The maximum atomic E-state index is 15.6. The normalized spacial score (nSPS) is 22.5. The quantitative estimate of drug-likeness (QED) is 0.0405. The van der Waals surface area contributed by atoms with E-state index >= 15 is 47.9 Å². The van der Waals surface area contributed by atoms with Gasteiger partial charge < -0.3 is 87.8 Å². The summed E-state index contributed by atoms with van der Waals surface area (Å²) in [5.41, 5.74) is 9.30. The number of benzene rings is 6. The molecule has 0 spiro atoms. The molecule has 0 saturated carbocycles. The number of likely N-dealkylation sites (N-methyl/N-ethyl adjacent to an activating group) is 5. The lowest BCUT2D eigenvalue weighted by Crippen LogP contribution is -2.60. The van der Waals surface area contributed by atoms with E-state index in [-0.39, 0.29) is 74.5 Å². The molecule has 0 unspecified atom stereocenters. The Hall–Kier alpha value is -13.3. The van der Waals surface area contributed by atoms with Gasteiger partial charge in [0.15, 0.2) is 11.6 Å². The first-order valence-electron chi connectivity index (χ1n) is 43.6. The Labute approximate surface area is 761 Å². The summed E-state index contributed by atoms with van der Waals surface area (Å²) in [6.45, 7) is 8.57. The van der Waals surface area contributed by atoms with Crippen LogP contribution in [0, 0.1) is 23.7 Å². The number of nitrogens with one attached hydrogen (secondary N) is 8. The number of carbonyl (C=O) groups excluding carboxylic acids is 15. The average molecular weight is 1810 g/mol.